The van der Waals surface area contributed by atoms with E-state index in [1.165, 1.54) is 0 Å². The third kappa shape index (κ3) is 4.74. The summed E-state index contributed by atoms with van der Waals surface area (Å²) in [5, 5.41) is 15.8. The molecule has 2 heterocycles. The van der Waals surface area contributed by atoms with Crippen molar-refractivity contribution < 1.29 is 14.3 Å². The SMILES string of the molecule is CCNC(=O)COc1ccc(NC(=O)c2n[nH]c3c2CNCC3)cc1.Cl. The van der Waals surface area contributed by atoms with Gasteiger partial charge in [-0.1, -0.05) is 0 Å². The summed E-state index contributed by atoms with van der Waals surface area (Å²) in [4.78, 5) is 23.8. The Balaban J connectivity index is 0.00000243. The number of halogens is 1. The molecule has 0 spiro atoms. The molecule has 0 radical (unpaired) electrons. The van der Waals surface area contributed by atoms with Crippen LogP contribution in [0.1, 0.15) is 28.7 Å². The lowest BCUT2D eigenvalue weighted by atomic mass is 10.1. The Bertz CT molecular complexity index is 760. The van der Waals surface area contributed by atoms with E-state index < -0.39 is 0 Å². The predicted octanol–water partition coefficient (Wildman–Crippen LogP) is 1.24. The summed E-state index contributed by atoms with van der Waals surface area (Å²) in [5.74, 6) is 0.139. The summed E-state index contributed by atoms with van der Waals surface area (Å²) in [6.07, 6.45) is 0.841. The molecule has 1 aromatic carbocycles. The number of carbonyl (C=O) groups excluding carboxylic acids is 2. The number of anilines is 1. The molecule has 4 N–H and O–H groups in total. The molecule has 0 bridgehead atoms. The van der Waals surface area contributed by atoms with Crippen LogP contribution in [0, 0.1) is 0 Å². The Morgan fingerprint density at radius 1 is 1.27 bits per heavy atom. The number of fused-ring (bicyclic) bond motifs is 1. The highest BCUT2D eigenvalue weighted by atomic mass is 35.5. The van der Waals surface area contributed by atoms with Crippen molar-refractivity contribution in [1.82, 2.24) is 20.8 Å². The first-order valence-corrected chi connectivity index (χ1v) is 8.25. The van der Waals surface area contributed by atoms with Crippen LogP contribution in [0.3, 0.4) is 0 Å². The van der Waals surface area contributed by atoms with E-state index in [4.69, 9.17) is 4.74 Å². The average molecular weight is 380 g/mol. The quantitative estimate of drug-likeness (QED) is 0.604. The van der Waals surface area contributed by atoms with Gasteiger partial charge < -0.3 is 20.7 Å². The smallest absolute Gasteiger partial charge is 0.276 e. The van der Waals surface area contributed by atoms with Crippen LogP contribution in [-0.2, 0) is 17.8 Å². The highest BCUT2D eigenvalue weighted by molar-refractivity contribution is 6.04. The van der Waals surface area contributed by atoms with E-state index in [-0.39, 0.29) is 30.8 Å². The molecule has 0 unspecified atom stereocenters. The van der Waals surface area contributed by atoms with Gasteiger partial charge in [0.25, 0.3) is 11.8 Å². The van der Waals surface area contributed by atoms with Crippen molar-refractivity contribution in [2.75, 3.05) is 25.0 Å². The molecule has 0 fully saturated rings. The lowest BCUT2D eigenvalue weighted by Gasteiger charge is -2.13. The molecule has 140 valence electrons. The lowest BCUT2D eigenvalue weighted by Crippen LogP contribution is -2.28. The number of amides is 2. The van der Waals surface area contributed by atoms with Gasteiger partial charge in [0.1, 0.15) is 5.75 Å². The second-order valence-corrected chi connectivity index (χ2v) is 5.68. The van der Waals surface area contributed by atoms with Crippen molar-refractivity contribution >= 4 is 29.9 Å². The maximum atomic E-state index is 12.4. The Morgan fingerprint density at radius 3 is 2.77 bits per heavy atom. The first-order valence-electron chi connectivity index (χ1n) is 8.25. The molecule has 3 rings (SSSR count). The lowest BCUT2D eigenvalue weighted by molar-refractivity contribution is -0.122. The number of nitrogens with one attached hydrogen (secondary N) is 4. The molecular formula is C17H22ClN5O3. The second kappa shape index (κ2) is 9.21. The Labute approximate surface area is 157 Å². The summed E-state index contributed by atoms with van der Waals surface area (Å²) in [6.45, 7) is 3.91. The number of ether oxygens (including phenoxy) is 1. The van der Waals surface area contributed by atoms with Crippen LogP contribution in [0.5, 0.6) is 5.75 Å². The predicted molar refractivity (Wildman–Crippen MR) is 99.8 cm³/mol. The van der Waals surface area contributed by atoms with Crippen LogP contribution in [-0.4, -0.2) is 41.7 Å². The average Bonchev–Trinajstić information content (AvgIpc) is 3.05. The van der Waals surface area contributed by atoms with Crippen LogP contribution >= 0.6 is 12.4 Å². The van der Waals surface area contributed by atoms with Crippen molar-refractivity contribution in [3.8, 4) is 5.75 Å². The number of rotatable bonds is 6. The van der Waals surface area contributed by atoms with Crippen molar-refractivity contribution in [2.24, 2.45) is 0 Å². The van der Waals surface area contributed by atoms with Gasteiger partial charge in [-0.2, -0.15) is 5.10 Å². The van der Waals surface area contributed by atoms with Crippen LogP contribution in [0.4, 0.5) is 5.69 Å². The zero-order valence-corrected chi connectivity index (χ0v) is 15.2. The third-order valence-corrected chi connectivity index (χ3v) is 3.88. The molecule has 1 aromatic heterocycles. The van der Waals surface area contributed by atoms with Gasteiger partial charge in [0.15, 0.2) is 12.3 Å². The normalized spacial score (nSPS) is 12.5. The molecule has 2 aromatic rings. The van der Waals surface area contributed by atoms with E-state index in [0.717, 1.165) is 24.2 Å². The maximum Gasteiger partial charge on any atom is 0.276 e. The van der Waals surface area contributed by atoms with E-state index in [1.807, 2.05) is 6.92 Å². The minimum atomic E-state index is -0.253. The summed E-state index contributed by atoms with van der Waals surface area (Å²) in [5.41, 5.74) is 2.98. The highest BCUT2D eigenvalue weighted by Gasteiger charge is 2.21. The van der Waals surface area contributed by atoms with E-state index in [0.29, 0.717) is 30.2 Å². The summed E-state index contributed by atoms with van der Waals surface area (Å²) in [7, 11) is 0. The van der Waals surface area contributed by atoms with E-state index in [1.54, 1.807) is 24.3 Å². The number of aromatic nitrogens is 2. The largest absolute Gasteiger partial charge is 0.484 e. The number of nitrogens with zero attached hydrogens (tertiary/aromatic N) is 1. The Kier molecular flexibility index (Phi) is 6.99. The van der Waals surface area contributed by atoms with Crippen molar-refractivity contribution in [3.05, 3.63) is 41.2 Å². The molecule has 2 amide bonds. The van der Waals surface area contributed by atoms with Crippen LogP contribution in [0.2, 0.25) is 0 Å². The van der Waals surface area contributed by atoms with Gasteiger partial charge in [-0.3, -0.25) is 14.7 Å². The van der Waals surface area contributed by atoms with Gasteiger partial charge >= 0.3 is 0 Å². The van der Waals surface area contributed by atoms with Crippen molar-refractivity contribution in [2.45, 2.75) is 19.9 Å². The number of carbonyl (C=O) groups is 2. The molecule has 0 saturated carbocycles. The van der Waals surface area contributed by atoms with Crippen LogP contribution in [0.25, 0.3) is 0 Å². The topological polar surface area (TPSA) is 108 Å². The van der Waals surface area contributed by atoms with E-state index in [2.05, 4.69) is 26.1 Å². The standard InChI is InChI=1S/C17H21N5O3.ClH/c1-2-19-15(23)10-25-12-5-3-11(4-6-12)20-17(24)16-13-9-18-8-7-14(13)21-22-16;/h3-6,18H,2,7-10H2,1H3,(H,19,23)(H,20,24)(H,21,22);1H. The number of benzene rings is 1. The first kappa shape index (κ1) is 19.7. The van der Waals surface area contributed by atoms with Gasteiger partial charge in [-0.05, 0) is 31.2 Å². The number of aromatic amines is 1. The minimum Gasteiger partial charge on any atom is -0.484 e. The molecule has 0 saturated heterocycles. The molecule has 0 atom stereocenters. The second-order valence-electron chi connectivity index (χ2n) is 5.68. The molecule has 9 heteroatoms. The number of H-pyrrole nitrogens is 1. The van der Waals surface area contributed by atoms with Gasteiger partial charge in [0, 0.05) is 43.0 Å². The van der Waals surface area contributed by atoms with Crippen LogP contribution in [0.15, 0.2) is 24.3 Å². The number of hydrogen-bond donors (Lipinski definition) is 4. The number of hydrogen-bond acceptors (Lipinski definition) is 5. The van der Waals surface area contributed by atoms with Gasteiger partial charge in [0.05, 0.1) is 0 Å². The number of likely N-dealkylation sites (N-methyl/N-ethyl adjacent to an activating group) is 1. The van der Waals surface area contributed by atoms with Crippen LogP contribution < -0.4 is 20.7 Å². The highest BCUT2D eigenvalue weighted by Crippen LogP contribution is 2.19. The fraction of sp³-hybridized carbons (Fsp3) is 0.353. The summed E-state index contributed by atoms with van der Waals surface area (Å²) < 4.78 is 5.38. The molecule has 1 aliphatic heterocycles. The molecular weight excluding hydrogens is 358 g/mol. The zero-order valence-electron chi connectivity index (χ0n) is 14.4. The fourth-order valence-electron chi connectivity index (χ4n) is 2.63. The van der Waals surface area contributed by atoms with Gasteiger partial charge in [0.2, 0.25) is 0 Å². The van der Waals surface area contributed by atoms with Gasteiger partial charge in [-0.25, -0.2) is 0 Å². The van der Waals surface area contributed by atoms with Gasteiger partial charge in [-0.15, -0.1) is 12.4 Å². The monoisotopic (exact) mass is 379 g/mol. The first-order chi connectivity index (χ1) is 12.2. The van der Waals surface area contributed by atoms with Crippen molar-refractivity contribution in [3.63, 3.8) is 0 Å². The zero-order chi connectivity index (χ0) is 17.6. The Hall–Kier alpha value is -2.58. The Morgan fingerprint density at radius 2 is 2.04 bits per heavy atom. The molecule has 0 aliphatic carbocycles. The fourth-order valence-corrected chi connectivity index (χ4v) is 2.63. The van der Waals surface area contributed by atoms with E-state index >= 15 is 0 Å². The molecule has 8 nitrogen and oxygen atoms in total. The minimum absolute atomic E-state index is 0. The summed E-state index contributed by atoms with van der Waals surface area (Å²) in [6, 6.07) is 6.86. The maximum absolute atomic E-state index is 12.4. The van der Waals surface area contributed by atoms with E-state index in [9.17, 15) is 9.59 Å². The molecule has 1 aliphatic rings. The summed E-state index contributed by atoms with van der Waals surface area (Å²) >= 11 is 0. The molecule has 26 heavy (non-hydrogen) atoms. The van der Waals surface area contributed by atoms with Crippen molar-refractivity contribution in [1.29, 1.82) is 0 Å². The third-order valence-electron chi connectivity index (χ3n) is 3.88.